The van der Waals surface area contributed by atoms with Gasteiger partial charge >= 0.3 is 0 Å². The van der Waals surface area contributed by atoms with Crippen LogP contribution in [0.15, 0.2) is 29.3 Å². The van der Waals surface area contributed by atoms with Crippen molar-refractivity contribution in [2.75, 3.05) is 60.2 Å². The van der Waals surface area contributed by atoms with Crippen LogP contribution < -0.4 is 15.4 Å². The van der Waals surface area contributed by atoms with Crippen molar-refractivity contribution < 1.29 is 14.2 Å². The SMILES string of the molecule is CN=C(NCCCOC1CCOC1)NCC(c1ccccc1OC)N1CCCCC1.I. The van der Waals surface area contributed by atoms with Gasteiger partial charge in [-0.15, -0.1) is 24.0 Å². The van der Waals surface area contributed by atoms with Gasteiger partial charge in [0.2, 0.25) is 0 Å². The van der Waals surface area contributed by atoms with Gasteiger partial charge in [-0.1, -0.05) is 24.6 Å². The molecule has 0 aromatic heterocycles. The van der Waals surface area contributed by atoms with Crippen molar-refractivity contribution in [1.29, 1.82) is 0 Å². The molecular weight excluding hydrogens is 507 g/mol. The summed E-state index contributed by atoms with van der Waals surface area (Å²) in [6, 6.07) is 8.61. The number of guanidine groups is 1. The predicted octanol–water partition coefficient (Wildman–Crippen LogP) is 3.20. The first-order valence-electron chi connectivity index (χ1n) is 11.3. The fraction of sp³-hybridized carbons (Fsp3) is 0.696. The molecule has 2 unspecified atom stereocenters. The first-order valence-corrected chi connectivity index (χ1v) is 11.3. The molecule has 8 heteroatoms. The van der Waals surface area contributed by atoms with E-state index in [1.807, 2.05) is 13.1 Å². The number of nitrogens with one attached hydrogen (secondary N) is 2. The van der Waals surface area contributed by atoms with Gasteiger partial charge in [-0.2, -0.15) is 0 Å². The molecule has 0 spiro atoms. The summed E-state index contributed by atoms with van der Waals surface area (Å²) < 4.78 is 16.8. The third-order valence-electron chi connectivity index (χ3n) is 5.87. The van der Waals surface area contributed by atoms with Crippen molar-refractivity contribution in [3.8, 4) is 5.75 Å². The third-order valence-corrected chi connectivity index (χ3v) is 5.87. The molecule has 31 heavy (non-hydrogen) atoms. The van der Waals surface area contributed by atoms with Crippen LogP contribution in [0.5, 0.6) is 5.75 Å². The summed E-state index contributed by atoms with van der Waals surface area (Å²) in [4.78, 5) is 6.97. The van der Waals surface area contributed by atoms with Gasteiger partial charge in [0.25, 0.3) is 0 Å². The first kappa shape index (κ1) is 26.2. The molecule has 7 nitrogen and oxygen atoms in total. The third kappa shape index (κ3) is 8.40. The number of nitrogens with zero attached hydrogens (tertiary/aromatic N) is 2. The van der Waals surface area contributed by atoms with Gasteiger partial charge in [0.05, 0.1) is 25.9 Å². The molecule has 2 fully saturated rings. The van der Waals surface area contributed by atoms with Crippen LogP contribution in [-0.4, -0.2) is 77.1 Å². The van der Waals surface area contributed by atoms with Crippen molar-refractivity contribution >= 4 is 29.9 Å². The van der Waals surface area contributed by atoms with Gasteiger partial charge in [-0.3, -0.25) is 9.89 Å². The number of piperidine rings is 1. The van der Waals surface area contributed by atoms with Crippen molar-refractivity contribution in [3.05, 3.63) is 29.8 Å². The Balaban J connectivity index is 0.00000341. The maximum Gasteiger partial charge on any atom is 0.191 e. The van der Waals surface area contributed by atoms with Gasteiger partial charge in [0, 0.05) is 38.9 Å². The maximum absolute atomic E-state index is 5.83. The molecule has 2 saturated heterocycles. The summed E-state index contributed by atoms with van der Waals surface area (Å²) in [5.41, 5.74) is 1.23. The van der Waals surface area contributed by atoms with Crippen LogP contribution in [0, 0.1) is 0 Å². The minimum absolute atomic E-state index is 0. The molecule has 0 aliphatic carbocycles. The van der Waals surface area contributed by atoms with E-state index >= 15 is 0 Å². The Kier molecular flexibility index (Phi) is 12.5. The number of methoxy groups -OCH3 is 1. The smallest absolute Gasteiger partial charge is 0.191 e. The molecular formula is C23H39IN4O3. The monoisotopic (exact) mass is 546 g/mol. The van der Waals surface area contributed by atoms with Gasteiger partial charge in [-0.05, 0) is 44.8 Å². The molecule has 1 aromatic carbocycles. The number of hydrogen-bond acceptors (Lipinski definition) is 5. The van der Waals surface area contributed by atoms with Crippen LogP contribution in [0.2, 0.25) is 0 Å². The van der Waals surface area contributed by atoms with Gasteiger partial charge < -0.3 is 24.8 Å². The van der Waals surface area contributed by atoms with Crippen molar-refractivity contribution in [2.24, 2.45) is 4.99 Å². The van der Waals surface area contributed by atoms with E-state index in [2.05, 4.69) is 38.7 Å². The summed E-state index contributed by atoms with van der Waals surface area (Å²) in [5, 5.41) is 6.94. The molecule has 0 radical (unpaired) electrons. The highest BCUT2D eigenvalue weighted by Crippen LogP contribution is 2.30. The zero-order valence-electron chi connectivity index (χ0n) is 19.0. The molecule has 3 rings (SSSR count). The lowest BCUT2D eigenvalue weighted by Gasteiger charge is -2.35. The summed E-state index contributed by atoms with van der Waals surface area (Å²) in [5.74, 6) is 1.78. The van der Waals surface area contributed by atoms with E-state index in [-0.39, 0.29) is 36.1 Å². The number of likely N-dealkylation sites (tertiary alicyclic amines) is 1. The summed E-state index contributed by atoms with van der Waals surface area (Å²) in [6.07, 6.45) is 6.06. The topological polar surface area (TPSA) is 67.4 Å². The lowest BCUT2D eigenvalue weighted by molar-refractivity contribution is 0.0420. The molecule has 176 valence electrons. The van der Waals surface area contributed by atoms with E-state index in [9.17, 15) is 0 Å². The quantitative estimate of drug-likeness (QED) is 0.204. The maximum atomic E-state index is 5.83. The lowest BCUT2D eigenvalue weighted by atomic mass is 10.0. The highest BCUT2D eigenvalue weighted by Gasteiger charge is 2.25. The molecule has 0 amide bonds. The fourth-order valence-corrected chi connectivity index (χ4v) is 4.19. The van der Waals surface area contributed by atoms with Crippen LogP contribution in [0.1, 0.15) is 43.7 Å². The second-order valence-corrected chi connectivity index (χ2v) is 7.94. The lowest BCUT2D eigenvalue weighted by Crippen LogP contribution is -2.44. The van der Waals surface area contributed by atoms with Crippen LogP contribution in [0.3, 0.4) is 0 Å². The van der Waals surface area contributed by atoms with Gasteiger partial charge in [-0.25, -0.2) is 0 Å². The molecule has 2 aliphatic heterocycles. The Labute approximate surface area is 204 Å². The molecule has 1 aromatic rings. The summed E-state index contributed by atoms with van der Waals surface area (Å²) in [6.45, 7) is 6.17. The number of para-hydroxylation sites is 1. The van der Waals surface area contributed by atoms with Crippen LogP contribution >= 0.6 is 24.0 Å². The molecule has 2 atom stereocenters. The minimum atomic E-state index is 0. The molecule has 2 aliphatic rings. The Morgan fingerprint density at radius 1 is 1.23 bits per heavy atom. The van der Waals surface area contributed by atoms with E-state index in [0.717, 1.165) is 70.6 Å². The number of ether oxygens (including phenoxy) is 3. The van der Waals surface area contributed by atoms with Gasteiger partial charge in [0.1, 0.15) is 5.75 Å². The van der Waals surface area contributed by atoms with Crippen LogP contribution in [0.25, 0.3) is 0 Å². The van der Waals surface area contributed by atoms with Gasteiger partial charge in [0.15, 0.2) is 5.96 Å². The summed E-state index contributed by atoms with van der Waals surface area (Å²) in [7, 11) is 3.57. The molecule has 0 saturated carbocycles. The zero-order chi connectivity index (χ0) is 21.0. The average molecular weight is 546 g/mol. The normalized spacial score (nSPS) is 20.7. The minimum Gasteiger partial charge on any atom is -0.496 e. The fourth-order valence-electron chi connectivity index (χ4n) is 4.19. The van der Waals surface area contributed by atoms with Crippen molar-refractivity contribution in [1.82, 2.24) is 15.5 Å². The standard InChI is InChI=1S/C23H38N4O3.HI/c1-24-23(25-12-8-15-30-19-11-16-29-18-19)26-17-21(27-13-6-3-7-14-27)20-9-4-5-10-22(20)28-2;/h4-5,9-10,19,21H,3,6-8,11-18H2,1-2H3,(H2,24,25,26);1H. The Bertz CT molecular complexity index is 649. The highest BCUT2D eigenvalue weighted by atomic mass is 127. The molecule has 2 N–H and O–H groups in total. The van der Waals surface area contributed by atoms with Crippen LogP contribution in [-0.2, 0) is 9.47 Å². The molecule has 0 bridgehead atoms. The van der Waals surface area contributed by atoms with Crippen molar-refractivity contribution in [3.63, 3.8) is 0 Å². The summed E-state index contributed by atoms with van der Waals surface area (Å²) >= 11 is 0. The second-order valence-electron chi connectivity index (χ2n) is 7.94. The number of aliphatic imine (C=N–C) groups is 1. The van der Waals surface area contributed by atoms with E-state index in [1.54, 1.807) is 7.11 Å². The predicted molar refractivity (Wildman–Crippen MR) is 136 cm³/mol. The Morgan fingerprint density at radius 2 is 2.03 bits per heavy atom. The van der Waals surface area contributed by atoms with Crippen molar-refractivity contribution in [2.45, 2.75) is 44.2 Å². The second kappa shape index (κ2) is 14.9. The number of benzene rings is 1. The van der Waals surface area contributed by atoms with E-state index < -0.39 is 0 Å². The molecule has 2 heterocycles. The number of rotatable bonds is 10. The average Bonchev–Trinajstić information content (AvgIpc) is 3.32. The van der Waals surface area contributed by atoms with Crippen LogP contribution in [0.4, 0.5) is 0 Å². The Morgan fingerprint density at radius 3 is 2.74 bits per heavy atom. The van der Waals surface area contributed by atoms with E-state index in [4.69, 9.17) is 14.2 Å². The zero-order valence-corrected chi connectivity index (χ0v) is 21.3. The van der Waals surface area contributed by atoms with E-state index in [0.29, 0.717) is 0 Å². The largest absolute Gasteiger partial charge is 0.496 e. The van der Waals surface area contributed by atoms with E-state index in [1.165, 1.54) is 24.8 Å². The number of halogens is 1. The Hall–Kier alpha value is -1.10. The first-order chi connectivity index (χ1) is 14.8. The number of hydrogen-bond donors (Lipinski definition) is 2. The highest BCUT2D eigenvalue weighted by molar-refractivity contribution is 14.0.